The van der Waals surface area contributed by atoms with E-state index in [9.17, 15) is 22.4 Å². The molecule has 11 heteroatoms. The number of anilines is 1. The van der Waals surface area contributed by atoms with Crippen molar-refractivity contribution in [2.75, 3.05) is 18.0 Å². The number of aryl methyl sites for hydroxylation is 1. The second-order valence-corrected chi connectivity index (χ2v) is 11.9. The molecule has 0 bridgehead atoms. The van der Waals surface area contributed by atoms with Gasteiger partial charge in [-0.25, -0.2) is 12.8 Å². The van der Waals surface area contributed by atoms with Crippen LogP contribution in [0, 0.1) is 12.7 Å². The Kier molecular flexibility index (Phi) is 10.2. The molecule has 8 nitrogen and oxygen atoms in total. The van der Waals surface area contributed by atoms with Crippen LogP contribution in [0.15, 0.2) is 71.6 Å². The van der Waals surface area contributed by atoms with Crippen molar-refractivity contribution in [2.45, 2.75) is 51.2 Å². The number of carbonyl (C=O) groups excluding carboxylic acids is 2. The highest BCUT2D eigenvalue weighted by molar-refractivity contribution is 7.92. The van der Waals surface area contributed by atoms with Crippen LogP contribution < -0.4 is 14.4 Å². The molecule has 0 radical (unpaired) electrons. The predicted octanol–water partition coefficient (Wildman–Crippen LogP) is 4.93. The molecule has 0 aliphatic rings. The van der Waals surface area contributed by atoms with Gasteiger partial charge in [-0.2, -0.15) is 0 Å². The van der Waals surface area contributed by atoms with Gasteiger partial charge in [-0.05, 0) is 75.7 Å². The summed E-state index contributed by atoms with van der Waals surface area (Å²) in [7, 11) is -2.92. The molecular formula is C29H33ClFN3O5S. The fourth-order valence-corrected chi connectivity index (χ4v) is 5.57. The van der Waals surface area contributed by atoms with Gasteiger partial charge < -0.3 is 15.0 Å². The summed E-state index contributed by atoms with van der Waals surface area (Å²) in [6, 6.07) is 15.0. The van der Waals surface area contributed by atoms with Crippen molar-refractivity contribution in [3.63, 3.8) is 0 Å². The Balaban J connectivity index is 2.10. The quantitative estimate of drug-likeness (QED) is 0.342. The number of ether oxygens (including phenoxy) is 1. The van der Waals surface area contributed by atoms with Gasteiger partial charge in [-0.15, -0.1) is 0 Å². The van der Waals surface area contributed by atoms with Crippen LogP contribution in [-0.4, -0.2) is 50.9 Å². The second-order valence-electron chi connectivity index (χ2n) is 9.63. The van der Waals surface area contributed by atoms with Crippen LogP contribution >= 0.6 is 11.6 Å². The fraction of sp³-hybridized carbons (Fsp3) is 0.310. The first kappa shape index (κ1) is 30.9. The summed E-state index contributed by atoms with van der Waals surface area (Å²) in [5.41, 5.74) is 1.48. The third-order valence-corrected chi connectivity index (χ3v) is 8.17. The van der Waals surface area contributed by atoms with Gasteiger partial charge in [0.15, 0.2) is 0 Å². The van der Waals surface area contributed by atoms with Gasteiger partial charge in [0.25, 0.3) is 10.0 Å². The van der Waals surface area contributed by atoms with E-state index in [-0.39, 0.29) is 33.9 Å². The molecule has 3 aromatic carbocycles. The fourth-order valence-electron chi connectivity index (χ4n) is 3.98. The molecule has 0 unspecified atom stereocenters. The van der Waals surface area contributed by atoms with E-state index in [1.165, 1.54) is 60.5 Å². The summed E-state index contributed by atoms with van der Waals surface area (Å²) in [5, 5.41) is 3.02. The summed E-state index contributed by atoms with van der Waals surface area (Å²) in [5.74, 6) is -1.34. The molecule has 3 rings (SSSR count). The van der Waals surface area contributed by atoms with E-state index in [2.05, 4.69) is 5.32 Å². The number of sulfonamides is 1. The zero-order valence-corrected chi connectivity index (χ0v) is 24.6. The van der Waals surface area contributed by atoms with Crippen molar-refractivity contribution in [1.82, 2.24) is 10.2 Å². The van der Waals surface area contributed by atoms with Crippen molar-refractivity contribution in [3.8, 4) is 5.75 Å². The van der Waals surface area contributed by atoms with E-state index < -0.39 is 40.2 Å². The zero-order chi connectivity index (χ0) is 29.6. The van der Waals surface area contributed by atoms with Crippen molar-refractivity contribution in [3.05, 3.63) is 88.7 Å². The summed E-state index contributed by atoms with van der Waals surface area (Å²) in [4.78, 5) is 28.1. The van der Waals surface area contributed by atoms with E-state index in [1.54, 1.807) is 39.0 Å². The van der Waals surface area contributed by atoms with Crippen molar-refractivity contribution in [1.29, 1.82) is 0 Å². The average Bonchev–Trinajstić information content (AvgIpc) is 2.90. The summed E-state index contributed by atoms with van der Waals surface area (Å²) < 4.78 is 47.8. The lowest BCUT2D eigenvalue weighted by atomic mass is 10.1. The molecule has 0 spiro atoms. The lowest BCUT2D eigenvalue weighted by Crippen LogP contribution is -2.52. The number of halogens is 2. The van der Waals surface area contributed by atoms with Crippen molar-refractivity contribution < 1.29 is 27.1 Å². The third kappa shape index (κ3) is 7.51. The van der Waals surface area contributed by atoms with Crippen LogP contribution in [0.4, 0.5) is 10.1 Å². The minimum absolute atomic E-state index is 0.0383. The van der Waals surface area contributed by atoms with Gasteiger partial charge in [0.1, 0.15) is 24.2 Å². The topological polar surface area (TPSA) is 96.0 Å². The van der Waals surface area contributed by atoms with Gasteiger partial charge >= 0.3 is 0 Å². The van der Waals surface area contributed by atoms with E-state index in [4.69, 9.17) is 16.3 Å². The molecule has 3 aromatic rings. The summed E-state index contributed by atoms with van der Waals surface area (Å²) >= 11 is 6.24. The molecule has 0 saturated heterocycles. The number of rotatable bonds is 11. The minimum Gasteiger partial charge on any atom is -0.495 e. The predicted molar refractivity (Wildman–Crippen MR) is 153 cm³/mol. The molecule has 0 saturated carbocycles. The molecule has 0 aliphatic heterocycles. The minimum atomic E-state index is -4.30. The first-order chi connectivity index (χ1) is 18.8. The first-order valence-electron chi connectivity index (χ1n) is 12.6. The Hall–Kier alpha value is -3.63. The molecule has 1 atom stereocenters. The molecule has 0 heterocycles. The number of nitrogens with one attached hydrogen (secondary N) is 1. The van der Waals surface area contributed by atoms with Crippen molar-refractivity contribution in [2.24, 2.45) is 0 Å². The van der Waals surface area contributed by atoms with Crippen LogP contribution in [0.25, 0.3) is 0 Å². The van der Waals surface area contributed by atoms with E-state index in [0.29, 0.717) is 5.56 Å². The van der Waals surface area contributed by atoms with Gasteiger partial charge in [0.2, 0.25) is 11.8 Å². The maximum absolute atomic E-state index is 14.0. The number of hydrogen-bond acceptors (Lipinski definition) is 5. The number of methoxy groups -OCH3 is 1. The molecule has 0 aliphatic carbocycles. The molecule has 0 fully saturated rings. The summed E-state index contributed by atoms with van der Waals surface area (Å²) in [6.45, 7) is 6.24. The van der Waals surface area contributed by atoms with Crippen molar-refractivity contribution >= 4 is 39.1 Å². The maximum atomic E-state index is 14.0. The number of benzene rings is 3. The highest BCUT2D eigenvalue weighted by Gasteiger charge is 2.34. The second kappa shape index (κ2) is 13.1. The van der Waals surface area contributed by atoms with E-state index in [0.717, 1.165) is 9.87 Å². The third-order valence-electron chi connectivity index (χ3n) is 6.16. The number of carbonyl (C=O) groups is 2. The average molecular weight is 590 g/mol. The molecule has 1 N–H and O–H groups in total. The largest absolute Gasteiger partial charge is 0.495 e. The Labute approximate surface area is 239 Å². The normalized spacial score (nSPS) is 12.1. The Morgan fingerprint density at radius 2 is 1.62 bits per heavy atom. The first-order valence-corrected chi connectivity index (χ1v) is 14.4. The SMILES string of the molecule is COc1ccc(Cl)cc1N(CC(=O)N(Cc1ccc(F)cc1)[C@H](C)C(=O)NC(C)C)S(=O)(=O)c1ccc(C)cc1. The Bertz CT molecular complexity index is 1450. The number of hydrogen-bond donors (Lipinski definition) is 1. The van der Waals surface area contributed by atoms with Crippen LogP contribution in [0.3, 0.4) is 0 Å². The van der Waals surface area contributed by atoms with Gasteiger partial charge in [0, 0.05) is 17.6 Å². The lowest BCUT2D eigenvalue weighted by molar-refractivity contribution is -0.139. The van der Waals surface area contributed by atoms with Gasteiger partial charge in [-0.3, -0.25) is 13.9 Å². The molecule has 40 heavy (non-hydrogen) atoms. The zero-order valence-electron chi connectivity index (χ0n) is 23.0. The Morgan fingerprint density at radius 3 is 2.20 bits per heavy atom. The van der Waals surface area contributed by atoms with Crippen LogP contribution in [0.2, 0.25) is 5.02 Å². The van der Waals surface area contributed by atoms with Gasteiger partial charge in [-0.1, -0.05) is 41.4 Å². The van der Waals surface area contributed by atoms with Crippen LogP contribution in [0.1, 0.15) is 31.9 Å². The monoisotopic (exact) mass is 589 g/mol. The number of amides is 2. The Morgan fingerprint density at radius 1 is 1.00 bits per heavy atom. The van der Waals surface area contributed by atoms with E-state index in [1.807, 2.05) is 6.92 Å². The van der Waals surface area contributed by atoms with E-state index >= 15 is 0 Å². The molecule has 0 aromatic heterocycles. The molecule has 2 amide bonds. The number of nitrogens with zero attached hydrogens (tertiary/aromatic N) is 2. The standard InChI is InChI=1S/C29H33ClFN3O5S/c1-19(2)32-29(36)21(4)33(17-22-8-11-24(31)12-9-22)28(35)18-34(26-16-23(30)10-15-27(26)39-5)40(37,38)25-13-6-20(3)7-14-25/h6-16,19,21H,17-18H2,1-5H3,(H,32,36)/t21-/m1/s1. The van der Waals surface area contributed by atoms with Crippen LogP contribution in [0.5, 0.6) is 5.75 Å². The lowest BCUT2D eigenvalue weighted by Gasteiger charge is -2.32. The van der Waals surface area contributed by atoms with Crippen LogP contribution in [-0.2, 0) is 26.2 Å². The highest BCUT2D eigenvalue weighted by Crippen LogP contribution is 2.35. The summed E-state index contributed by atoms with van der Waals surface area (Å²) in [6.07, 6.45) is 0. The maximum Gasteiger partial charge on any atom is 0.264 e. The van der Waals surface area contributed by atoms with Gasteiger partial charge in [0.05, 0.1) is 17.7 Å². The highest BCUT2D eigenvalue weighted by atomic mass is 35.5. The molecule has 214 valence electrons. The smallest absolute Gasteiger partial charge is 0.264 e. The molecular weight excluding hydrogens is 557 g/mol.